The Morgan fingerprint density at radius 1 is 1.05 bits per heavy atom. The van der Waals surface area contributed by atoms with E-state index in [2.05, 4.69) is 72.5 Å². The molecule has 112 valence electrons. The third kappa shape index (κ3) is 3.71. The van der Waals surface area contributed by atoms with Gasteiger partial charge in [0.1, 0.15) is 0 Å². The van der Waals surface area contributed by atoms with Gasteiger partial charge in [0.05, 0.1) is 6.54 Å². The summed E-state index contributed by atoms with van der Waals surface area (Å²) < 4.78 is 0. The van der Waals surface area contributed by atoms with Crippen LogP contribution >= 0.6 is 0 Å². The molecule has 0 N–H and O–H groups in total. The Labute approximate surface area is 133 Å². The monoisotopic (exact) mass is 289 g/mol. The van der Waals surface area contributed by atoms with Crippen molar-refractivity contribution in [3.8, 4) is 12.0 Å². The molecular formula is C21H23N. The second-order valence-corrected chi connectivity index (χ2v) is 6.07. The van der Waals surface area contributed by atoms with Crippen molar-refractivity contribution < 1.29 is 0 Å². The molecule has 0 amide bonds. The van der Waals surface area contributed by atoms with Gasteiger partial charge in [0.2, 0.25) is 0 Å². The Bertz CT molecular complexity index is 725. The highest BCUT2D eigenvalue weighted by molar-refractivity contribution is 5.85. The Balaban J connectivity index is 1.66. The fourth-order valence-corrected chi connectivity index (χ4v) is 3.08. The highest BCUT2D eigenvalue weighted by Crippen LogP contribution is 2.20. The third-order valence-corrected chi connectivity index (χ3v) is 4.26. The topological polar surface area (TPSA) is 3.24 Å². The molecule has 0 aliphatic heterocycles. The molecule has 0 aromatic heterocycles. The maximum Gasteiger partial charge on any atom is 0.0513 e. The van der Waals surface area contributed by atoms with E-state index in [1.54, 1.807) is 0 Å². The molecule has 1 aliphatic carbocycles. The minimum atomic E-state index is 0.868. The van der Waals surface area contributed by atoms with Crippen LogP contribution in [0.1, 0.15) is 37.7 Å². The van der Waals surface area contributed by atoms with Crippen LogP contribution in [0.5, 0.6) is 0 Å². The normalized spacial score (nSPS) is 14.1. The summed E-state index contributed by atoms with van der Waals surface area (Å²) >= 11 is 0. The number of nitrogens with zero attached hydrogens (tertiary/aromatic N) is 1. The molecular weight excluding hydrogens is 266 g/mol. The van der Waals surface area contributed by atoms with Crippen LogP contribution in [-0.4, -0.2) is 11.9 Å². The quantitative estimate of drug-likeness (QED) is 0.430. The average Bonchev–Trinajstić information content (AvgIpc) is 2.56. The predicted octanol–water partition coefficient (Wildman–Crippen LogP) is 5.12. The second-order valence-electron chi connectivity index (χ2n) is 6.07. The van der Waals surface area contributed by atoms with Crippen LogP contribution in [0.15, 0.2) is 54.1 Å². The summed E-state index contributed by atoms with van der Waals surface area (Å²) in [7, 11) is 2.07. The smallest absolute Gasteiger partial charge is 0.0513 e. The van der Waals surface area contributed by atoms with Crippen LogP contribution in [0.3, 0.4) is 0 Å². The lowest BCUT2D eigenvalue weighted by atomic mass is 9.98. The van der Waals surface area contributed by atoms with Crippen LogP contribution in [-0.2, 0) is 6.54 Å². The van der Waals surface area contributed by atoms with E-state index in [4.69, 9.17) is 0 Å². The molecule has 0 atom stereocenters. The molecule has 1 nitrogen and oxygen atoms in total. The van der Waals surface area contributed by atoms with E-state index in [-0.39, 0.29) is 0 Å². The van der Waals surface area contributed by atoms with Crippen LogP contribution in [0.4, 0.5) is 0 Å². The molecule has 0 bridgehead atoms. The summed E-state index contributed by atoms with van der Waals surface area (Å²) in [4.78, 5) is 2.10. The van der Waals surface area contributed by atoms with Gasteiger partial charge in [-0.05, 0) is 42.0 Å². The molecule has 1 aliphatic rings. The summed E-state index contributed by atoms with van der Waals surface area (Å²) in [5, 5.41) is 2.63. The first-order valence-corrected chi connectivity index (χ1v) is 8.17. The summed E-state index contributed by atoms with van der Waals surface area (Å²) in [5.74, 6) is 3.33. The number of benzene rings is 2. The highest BCUT2D eigenvalue weighted by Gasteiger charge is 2.03. The standard InChI is InChI=1S/C21H23N/c1-22(16-8-11-18-9-3-2-4-10-18)17-20-14-7-13-19-12-5-6-15-21(19)20/h5-7,9,12-15H,2-4,10-11,17H2,1H3. The van der Waals surface area contributed by atoms with Gasteiger partial charge in [0, 0.05) is 19.5 Å². The fraction of sp³-hybridized carbons (Fsp3) is 0.333. The van der Waals surface area contributed by atoms with Crippen molar-refractivity contribution in [2.24, 2.45) is 0 Å². The zero-order valence-electron chi connectivity index (χ0n) is 13.3. The lowest BCUT2D eigenvalue weighted by Gasteiger charge is -2.13. The second kappa shape index (κ2) is 7.18. The van der Waals surface area contributed by atoms with Gasteiger partial charge in [-0.3, -0.25) is 0 Å². The largest absolute Gasteiger partial charge is 0.331 e. The molecule has 2 aromatic carbocycles. The molecule has 1 heteroatoms. The first-order valence-electron chi connectivity index (χ1n) is 8.17. The van der Waals surface area contributed by atoms with Gasteiger partial charge in [-0.25, -0.2) is 0 Å². The fourth-order valence-electron chi connectivity index (χ4n) is 3.08. The Morgan fingerprint density at radius 2 is 1.91 bits per heavy atom. The van der Waals surface area contributed by atoms with Gasteiger partial charge in [0.15, 0.2) is 0 Å². The van der Waals surface area contributed by atoms with Gasteiger partial charge in [-0.2, -0.15) is 0 Å². The molecule has 0 unspecified atom stereocenters. The van der Waals surface area contributed by atoms with E-state index in [0.717, 1.165) is 13.0 Å². The van der Waals surface area contributed by atoms with Crippen LogP contribution in [0, 0.1) is 12.0 Å². The van der Waals surface area contributed by atoms with Gasteiger partial charge < -0.3 is 4.90 Å². The molecule has 3 rings (SSSR count). The van der Waals surface area contributed by atoms with Crippen molar-refractivity contribution in [1.82, 2.24) is 4.90 Å². The van der Waals surface area contributed by atoms with E-state index in [1.165, 1.54) is 47.6 Å². The summed E-state index contributed by atoms with van der Waals surface area (Å²) in [5.41, 5.74) is 2.86. The van der Waals surface area contributed by atoms with E-state index in [1.807, 2.05) is 0 Å². The van der Waals surface area contributed by atoms with Gasteiger partial charge in [-0.15, -0.1) is 0 Å². The summed E-state index contributed by atoms with van der Waals surface area (Å²) in [6.07, 6.45) is 8.46. The van der Waals surface area contributed by atoms with E-state index in [0.29, 0.717) is 0 Å². The maximum absolute atomic E-state index is 3.33. The first-order chi connectivity index (χ1) is 10.8. The Morgan fingerprint density at radius 3 is 2.77 bits per heavy atom. The SMILES string of the molecule is CN(C#CCC1=CCCCC1)Cc1cccc2ccccc12. The number of allylic oxidation sites excluding steroid dienone is 2. The molecule has 0 radical (unpaired) electrons. The minimum Gasteiger partial charge on any atom is -0.331 e. The van der Waals surface area contributed by atoms with Crippen molar-refractivity contribution in [2.75, 3.05) is 7.05 Å². The van der Waals surface area contributed by atoms with Crippen molar-refractivity contribution in [3.63, 3.8) is 0 Å². The van der Waals surface area contributed by atoms with Crippen molar-refractivity contribution in [1.29, 1.82) is 0 Å². The molecule has 0 fully saturated rings. The lowest BCUT2D eigenvalue weighted by molar-refractivity contribution is 0.479. The number of hydrogen-bond acceptors (Lipinski definition) is 1. The summed E-state index contributed by atoms with van der Waals surface area (Å²) in [6.45, 7) is 0.868. The molecule has 2 aromatic rings. The molecule has 0 spiro atoms. The van der Waals surface area contributed by atoms with Gasteiger partial charge in [-0.1, -0.05) is 60.0 Å². The zero-order valence-corrected chi connectivity index (χ0v) is 13.3. The first kappa shape index (κ1) is 14.7. The van der Waals surface area contributed by atoms with Crippen LogP contribution in [0.25, 0.3) is 10.8 Å². The van der Waals surface area contributed by atoms with Crippen molar-refractivity contribution >= 4 is 10.8 Å². The predicted molar refractivity (Wildman–Crippen MR) is 94.4 cm³/mol. The van der Waals surface area contributed by atoms with Crippen molar-refractivity contribution in [3.05, 3.63) is 59.7 Å². The van der Waals surface area contributed by atoms with Crippen LogP contribution < -0.4 is 0 Å². The number of rotatable bonds is 3. The van der Waals surface area contributed by atoms with E-state index < -0.39 is 0 Å². The third-order valence-electron chi connectivity index (χ3n) is 4.26. The lowest BCUT2D eigenvalue weighted by Crippen LogP contribution is -2.11. The van der Waals surface area contributed by atoms with Crippen LogP contribution in [0.2, 0.25) is 0 Å². The maximum atomic E-state index is 3.33. The minimum absolute atomic E-state index is 0.868. The summed E-state index contributed by atoms with van der Waals surface area (Å²) in [6, 6.07) is 18.3. The van der Waals surface area contributed by atoms with E-state index >= 15 is 0 Å². The molecule has 0 saturated carbocycles. The average molecular weight is 289 g/mol. The van der Waals surface area contributed by atoms with Gasteiger partial charge in [0.25, 0.3) is 0 Å². The Hall–Kier alpha value is -2.20. The highest BCUT2D eigenvalue weighted by atomic mass is 15.1. The number of fused-ring (bicyclic) bond motifs is 1. The number of hydrogen-bond donors (Lipinski definition) is 0. The molecule has 0 saturated heterocycles. The molecule has 0 heterocycles. The Kier molecular flexibility index (Phi) is 4.81. The van der Waals surface area contributed by atoms with Gasteiger partial charge >= 0.3 is 0 Å². The van der Waals surface area contributed by atoms with Crippen molar-refractivity contribution in [2.45, 2.75) is 38.6 Å². The molecule has 22 heavy (non-hydrogen) atoms. The zero-order chi connectivity index (χ0) is 15.2. The van der Waals surface area contributed by atoms with E-state index in [9.17, 15) is 0 Å².